The zero-order valence-corrected chi connectivity index (χ0v) is 13.1. The fourth-order valence-corrected chi connectivity index (χ4v) is 2.94. The van der Waals surface area contributed by atoms with Gasteiger partial charge < -0.3 is 10.2 Å². The Morgan fingerprint density at radius 3 is 2.75 bits per heavy atom. The van der Waals surface area contributed by atoms with Crippen molar-refractivity contribution < 1.29 is 4.39 Å². The number of halogens is 2. The highest BCUT2D eigenvalue weighted by Gasteiger charge is 2.16. The van der Waals surface area contributed by atoms with E-state index in [1.165, 1.54) is 38.4 Å². The molecule has 20 heavy (non-hydrogen) atoms. The Balaban J connectivity index is 1.74. The van der Waals surface area contributed by atoms with Gasteiger partial charge in [0.2, 0.25) is 0 Å². The first-order chi connectivity index (χ1) is 9.56. The summed E-state index contributed by atoms with van der Waals surface area (Å²) in [6.45, 7) is 5.53. The Hall–Kier alpha value is -0.640. The molecule has 0 amide bonds. The highest BCUT2D eigenvalue weighted by atomic mass is 35.5. The fraction of sp³-hybridized carbons (Fsp3) is 0.625. The fourth-order valence-electron chi connectivity index (χ4n) is 2.75. The molecule has 1 aliphatic rings. The molecule has 0 spiro atoms. The lowest BCUT2D eigenvalue weighted by Gasteiger charge is -2.29. The first-order valence-electron chi connectivity index (χ1n) is 7.43. The van der Waals surface area contributed by atoms with Gasteiger partial charge in [0.1, 0.15) is 5.82 Å². The van der Waals surface area contributed by atoms with Gasteiger partial charge in [0.25, 0.3) is 0 Å². The van der Waals surface area contributed by atoms with Crippen molar-refractivity contribution in [3.05, 3.63) is 34.6 Å². The topological polar surface area (TPSA) is 15.3 Å². The molecule has 0 aromatic heterocycles. The van der Waals surface area contributed by atoms with Crippen molar-refractivity contribution in [3.63, 3.8) is 0 Å². The van der Waals surface area contributed by atoms with Crippen LogP contribution in [-0.4, -0.2) is 31.6 Å². The predicted molar refractivity (Wildman–Crippen MR) is 82.7 cm³/mol. The minimum Gasteiger partial charge on any atom is -0.310 e. The van der Waals surface area contributed by atoms with Crippen LogP contribution in [0.3, 0.4) is 0 Å². The van der Waals surface area contributed by atoms with E-state index in [4.69, 9.17) is 11.6 Å². The molecule has 1 atom stereocenters. The lowest BCUT2D eigenvalue weighted by atomic mass is 9.93. The van der Waals surface area contributed by atoms with Crippen LogP contribution in [0.5, 0.6) is 0 Å². The van der Waals surface area contributed by atoms with E-state index >= 15 is 0 Å². The normalized spacial score (nSPS) is 19.2. The van der Waals surface area contributed by atoms with Crippen LogP contribution in [-0.2, 0) is 0 Å². The van der Waals surface area contributed by atoms with Gasteiger partial charge >= 0.3 is 0 Å². The van der Waals surface area contributed by atoms with Gasteiger partial charge in [0.05, 0.1) is 5.02 Å². The SMILES string of the molecule is CC(NCCC1CCN(C)CC1)c1ccc(F)c(Cl)c1. The summed E-state index contributed by atoms with van der Waals surface area (Å²) in [4.78, 5) is 2.40. The molecule has 1 fully saturated rings. The molecule has 1 N–H and O–H groups in total. The second-order valence-corrected chi connectivity index (χ2v) is 6.29. The van der Waals surface area contributed by atoms with Crippen LogP contribution in [0, 0.1) is 11.7 Å². The standard InChI is InChI=1S/C16H24ClFN2/c1-12(14-3-4-16(18)15(17)11-14)19-8-5-13-6-9-20(2)10-7-13/h3-4,11-13,19H,5-10H2,1-2H3. The van der Waals surface area contributed by atoms with Crippen LogP contribution < -0.4 is 5.32 Å². The molecule has 1 unspecified atom stereocenters. The molecule has 1 heterocycles. The predicted octanol–water partition coefficient (Wildman–Crippen LogP) is 3.86. The average Bonchev–Trinajstić information content (AvgIpc) is 2.44. The average molecular weight is 299 g/mol. The van der Waals surface area contributed by atoms with Crippen LogP contribution in [0.2, 0.25) is 5.02 Å². The van der Waals surface area contributed by atoms with Crippen molar-refractivity contribution >= 4 is 11.6 Å². The van der Waals surface area contributed by atoms with Gasteiger partial charge in [-0.25, -0.2) is 4.39 Å². The van der Waals surface area contributed by atoms with E-state index in [0.717, 1.165) is 18.0 Å². The minimum atomic E-state index is -0.353. The zero-order valence-electron chi connectivity index (χ0n) is 12.3. The number of piperidine rings is 1. The van der Waals surface area contributed by atoms with Crippen LogP contribution in [0.1, 0.15) is 37.8 Å². The van der Waals surface area contributed by atoms with Gasteiger partial charge in [-0.1, -0.05) is 17.7 Å². The Morgan fingerprint density at radius 2 is 2.10 bits per heavy atom. The quantitative estimate of drug-likeness (QED) is 0.888. The first kappa shape index (κ1) is 15.7. The summed E-state index contributed by atoms with van der Waals surface area (Å²) in [7, 11) is 2.19. The molecule has 1 aliphatic heterocycles. The van der Waals surface area contributed by atoms with E-state index in [2.05, 4.69) is 24.2 Å². The largest absolute Gasteiger partial charge is 0.310 e. The summed E-state index contributed by atoms with van der Waals surface area (Å²) in [5, 5.41) is 3.71. The molecular weight excluding hydrogens is 275 g/mol. The van der Waals surface area contributed by atoms with E-state index in [0.29, 0.717) is 0 Å². The third-order valence-corrected chi connectivity index (χ3v) is 4.57. The molecular formula is C16H24ClFN2. The Kier molecular flexibility index (Phi) is 5.82. The zero-order chi connectivity index (χ0) is 14.5. The van der Waals surface area contributed by atoms with Crippen molar-refractivity contribution in [3.8, 4) is 0 Å². The molecule has 0 radical (unpaired) electrons. The molecule has 0 saturated carbocycles. The molecule has 1 aromatic carbocycles. The molecule has 1 saturated heterocycles. The highest BCUT2D eigenvalue weighted by molar-refractivity contribution is 6.30. The lowest BCUT2D eigenvalue weighted by molar-refractivity contribution is 0.211. The van der Waals surface area contributed by atoms with Crippen LogP contribution in [0.25, 0.3) is 0 Å². The van der Waals surface area contributed by atoms with E-state index < -0.39 is 0 Å². The van der Waals surface area contributed by atoms with Crippen molar-refractivity contribution in [2.45, 2.75) is 32.2 Å². The maximum Gasteiger partial charge on any atom is 0.141 e. The summed E-state index contributed by atoms with van der Waals surface area (Å²) in [6, 6.07) is 5.16. The number of hydrogen-bond donors (Lipinski definition) is 1. The summed E-state index contributed by atoms with van der Waals surface area (Å²) < 4.78 is 13.1. The van der Waals surface area contributed by atoms with Gasteiger partial charge in [-0.3, -0.25) is 0 Å². The molecule has 0 aliphatic carbocycles. The Bertz CT molecular complexity index is 430. The number of rotatable bonds is 5. The van der Waals surface area contributed by atoms with Crippen LogP contribution >= 0.6 is 11.6 Å². The number of hydrogen-bond acceptors (Lipinski definition) is 2. The maximum absolute atomic E-state index is 13.1. The van der Waals surface area contributed by atoms with E-state index in [1.54, 1.807) is 12.1 Å². The second-order valence-electron chi connectivity index (χ2n) is 5.88. The molecule has 2 rings (SSSR count). The third kappa shape index (κ3) is 4.44. The van der Waals surface area contributed by atoms with Crippen LogP contribution in [0.15, 0.2) is 18.2 Å². The number of nitrogens with zero attached hydrogens (tertiary/aromatic N) is 1. The third-order valence-electron chi connectivity index (χ3n) is 4.28. The minimum absolute atomic E-state index is 0.200. The van der Waals surface area contributed by atoms with E-state index in [1.807, 2.05) is 0 Å². The van der Waals surface area contributed by atoms with Gasteiger partial charge in [-0.15, -0.1) is 0 Å². The Labute approximate surface area is 126 Å². The lowest BCUT2D eigenvalue weighted by Crippen LogP contribution is -2.32. The first-order valence-corrected chi connectivity index (χ1v) is 7.81. The van der Waals surface area contributed by atoms with Crippen molar-refractivity contribution in [2.75, 3.05) is 26.7 Å². The van der Waals surface area contributed by atoms with Crippen molar-refractivity contribution in [2.24, 2.45) is 5.92 Å². The monoisotopic (exact) mass is 298 g/mol. The second kappa shape index (κ2) is 7.39. The molecule has 112 valence electrons. The van der Waals surface area contributed by atoms with Crippen molar-refractivity contribution in [1.29, 1.82) is 0 Å². The van der Waals surface area contributed by atoms with Gasteiger partial charge in [0.15, 0.2) is 0 Å². The maximum atomic E-state index is 13.1. The number of benzene rings is 1. The summed E-state index contributed by atoms with van der Waals surface area (Å²) in [6.07, 6.45) is 3.82. The number of nitrogens with one attached hydrogen (secondary N) is 1. The van der Waals surface area contributed by atoms with Gasteiger partial charge in [-0.05, 0) is 76.5 Å². The number of likely N-dealkylation sites (tertiary alicyclic amines) is 1. The molecule has 1 aromatic rings. The van der Waals surface area contributed by atoms with Crippen molar-refractivity contribution in [1.82, 2.24) is 10.2 Å². The van der Waals surface area contributed by atoms with Crippen LogP contribution in [0.4, 0.5) is 4.39 Å². The summed E-state index contributed by atoms with van der Waals surface area (Å²) in [5.41, 5.74) is 1.04. The van der Waals surface area contributed by atoms with Gasteiger partial charge in [0, 0.05) is 6.04 Å². The highest BCUT2D eigenvalue weighted by Crippen LogP contribution is 2.22. The molecule has 4 heteroatoms. The van der Waals surface area contributed by atoms with Gasteiger partial charge in [-0.2, -0.15) is 0 Å². The summed E-state index contributed by atoms with van der Waals surface area (Å²) >= 11 is 5.82. The molecule has 2 nitrogen and oxygen atoms in total. The smallest absolute Gasteiger partial charge is 0.141 e. The Morgan fingerprint density at radius 1 is 1.40 bits per heavy atom. The van der Waals surface area contributed by atoms with E-state index in [-0.39, 0.29) is 16.9 Å². The van der Waals surface area contributed by atoms with E-state index in [9.17, 15) is 4.39 Å². The summed E-state index contributed by atoms with van der Waals surface area (Å²) in [5.74, 6) is 0.483. The molecule has 0 bridgehead atoms.